The van der Waals surface area contributed by atoms with Crippen molar-refractivity contribution in [1.82, 2.24) is 10.1 Å². The van der Waals surface area contributed by atoms with Crippen molar-refractivity contribution in [3.05, 3.63) is 65.5 Å². The zero-order chi connectivity index (χ0) is 16.9. The predicted octanol–water partition coefficient (Wildman–Crippen LogP) is 4.12. The number of nitrogens with zero attached hydrogens (tertiary/aromatic N) is 3. The van der Waals surface area contributed by atoms with E-state index in [1.54, 1.807) is 13.2 Å². The minimum absolute atomic E-state index is 0.180. The summed E-state index contributed by atoms with van der Waals surface area (Å²) < 4.78 is 10.5. The van der Waals surface area contributed by atoms with Gasteiger partial charge in [0, 0.05) is 11.1 Å². The van der Waals surface area contributed by atoms with Crippen LogP contribution in [-0.4, -0.2) is 17.3 Å². The monoisotopic (exact) mass is 317 g/mol. The normalized spacial score (nSPS) is 11.1. The molecule has 0 amide bonds. The maximum Gasteiger partial charge on any atom is 0.268 e. The van der Waals surface area contributed by atoms with E-state index in [0.29, 0.717) is 11.6 Å². The van der Waals surface area contributed by atoms with Gasteiger partial charge in [-0.3, -0.25) is 0 Å². The maximum atomic E-state index is 9.43. The van der Waals surface area contributed by atoms with Crippen LogP contribution in [0.4, 0.5) is 0 Å². The van der Waals surface area contributed by atoms with Gasteiger partial charge in [-0.25, -0.2) is 0 Å². The Labute approximate surface area is 139 Å². The van der Waals surface area contributed by atoms with E-state index in [-0.39, 0.29) is 11.5 Å². The molecule has 5 nitrogen and oxygen atoms in total. The Hall–Kier alpha value is -3.39. The highest BCUT2D eigenvalue weighted by atomic mass is 16.5. The number of hydrogen-bond acceptors (Lipinski definition) is 5. The summed E-state index contributed by atoms with van der Waals surface area (Å²) in [6.45, 7) is 2.01. The van der Waals surface area contributed by atoms with Crippen LogP contribution < -0.4 is 4.74 Å². The third kappa shape index (κ3) is 3.18. The Kier molecular flexibility index (Phi) is 4.39. The fourth-order valence-electron chi connectivity index (χ4n) is 2.24. The van der Waals surface area contributed by atoms with Crippen molar-refractivity contribution in [2.45, 2.75) is 6.92 Å². The number of para-hydroxylation sites is 1. The second kappa shape index (κ2) is 6.80. The molecule has 5 heteroatoms. The second-order valence-electron chi connectivity index (χ2n) is 5.20. The Morgan fingerprint density at radius 2 is 1.92 bits per heavy atom. The fourth-order valence-corrected chi connectivity index (χ4v) is 2.24. The minimum atomic E-state index is 0.180. The summed E-state index contributed by atoms with van der Waals surface area (Å²) in [5, 5.41) is 13.4. The van der Waals surface area contributed by atoms with E-state index < -0.39 is 0 Å². The summed E-state index contributed by atoms with van der Waals surface area (Å²) >= 11 is 0. The van der Waals surface area contributed by atoms with Crippen LogP contribution in [-0.2, 0) is 0 Å². The summed E-state index contributed by atoms with van der Waals surface area (Å²) in [7, 11) is 1.58. The molecule has 118 valence electrons. The number of methoxy groups -OCH3 is 1. The molecule has 24 heavy (non-hydrogen) atoms. The summed E-state index contributed by atoms with van der Waals surface area (Å²) in [5.74, 6) is 1.30. The maximum absolute atomic E-state index is 9.43. The van der Waals surface area contributed by atoms with E-state index in [9.17, 15) is 5.26 Å². The molecule has 0 atom stereocenters. The zero-order valence-electron chi connectivity index (χ0n) is 13.4. The lowest BCUT2D eigenvalue weighted by Gasteiger charge is -2.03. The molecule has 0 fully saturated rings. The molecule has 1 aromatic heterocycles. The average molecular weight is 317 g/mol. The molecule has 3 aromatic rings. The van der Waals surface area contributed by atoms with Crippen LogP contribution in [0.3, 0.4) is 0 Å². The van der Waals surface area contributed by atoms with E-state index in [0.717, 1.165) is 16.7 Å². The molecule has 0 saturated heterocycles. The Bertz CT molecular complexity index is 918. The molecule has 0 saturated carbocycles. The molecule has 0 aliphatic heterocycles. The Balaban J connectivity index is 1.96. The zero-order valence-corrected chi connectivity index (χ0v) is 13.4. The van der Waals surface area contributed by atoms with Crippen molar-refractivity contribution >= 4 is 11.6 Å². The minimum Gasteiger partial charge on any atom is -0.496 e. The van der Waals surface area contributed by atoms with Crippen molar-refractivity contribution < 1.29 is 9.26 Å². The van der Waals surface area contributed by atoms with Gasteiger partial charge in [-0.2, -0.15) is 10.2 Å². The van der Waals surface area contributed by atoms with Crippen molar-refractivity contribution in [2.75, 3.05) is 7.11 Å². The van der Waals surface area contributed by atoms with E-state index in [1.165, 1.54) is 0 Å². The lowest BCUT2D eigenvalue weighted by molar-refractivity contribution is 0.409. The number of ether oxygens (including phenoxy) is 1. The van der Waals surface area contributed by atoms with Gasteiger partial charge < -0.3 is 9.26 Å². The first-order valence-corrected chi connectivity index (χ1v) is 7.37. The van der Waals surface area contributed by atoms with Crippen molar-refractivity contribution in [2.24, 2.45) is 0 Å². The van der Waals surface area contributed by atoms with E-state index in [2.05, 4.69) is 16.2 Å². The highest BCUT2D eigenvalue weighted by molar-refractivity contribution is 5.88. The largest absolute Gasteiger partial charge is 0.496 e. The standard InChI is InChI=1S/C19H15N3O2/c1-13-7-9-14(10-8-13)18-21-19(24-22-18)16(12-20)11-15-5-3-4-6-17(15)23-2/h3-11H,1-2H3/b16-11+. The number of allylic oxidation sites excluding steroid dienone is 1. The van der Waals surface area contributed by atoms with Crippen LogP contribution in [0.1, 0.15) is 17.0 Å². The first kappa shape index (κ1) is 15.5. The molecule has 0 radical (unpaired) electrons. The predicted molar refractivity (Wildman–Crippen MR) is 90.9 cm³/mol. The van der Waals surface area contributed by atoms with Crippen LogP contribution in [0.2, 0.25) is 0 Å². The van der Waals surface area contributed by atoms with Gasteiger partial charge in [-0.1, -0.05) is 53.2 Å². The third-order valence-electron chi connectivity index (χ3n) is 3.53. The van der Waals surface area contributed by atoms with Crippen LogP contribution in [0, 0.1) is 18.3 Å². The van der Waals surface area contributed by atoms with Gasteiger partial charge in [-0.15, -0.1) is 0 Å². The number of benzene rings is 2. The van der Waals surface area contributed by atoms with Gasteiger partial charge in [0.05, 0.1) is 7.11 Å². The topological polar surface area (TPSA) is 71.9 Å². The average Bonchev–Trinajstić information content (AvgIpc) is 3.10. The van der Waals surface area contributed by atoms with Gasteiger partial charge in [0.1, 0.15) is 17.4 Å². The number of aryl methyl sites for hydroxylation is 1. The van der Waals surface area contributed by atoms with Crippen LogP contribution >= 0.6 is 0 Å². The quantitative estimate of drug-likeness (QED) is 0.677. The van der Waals surface area contributed by atoms with Gasteiger partial charge >= 0.3 is 0 Å². The van der Waals surface area contributed by atoms with Crippen LogP contribution in [0.15, 0.2) is 53.1 Å². The molecular weight excluding hydrogens is 302 g/mol. The molecule has 0 unspecified atom stereocenters. The first-order chi connectivity index (χ1) is 11.7. The fraction of sp³-hybridized carbons (Fsp3) is 0.105. The summed E-state index contributed by atoms with van der Waals surface area (Å²) in [5.41, 5.74) is 3.04. The second-order valence-corrected chi connectivity index (χ2v) is 5.20. The highest BCUT2D eigenvalue weighted by Crippen LogP contribution is 2.25. The first-order valence-electron chi connectivity index (χ1n) is 7.37. The molecular formula is C19H15N3O2. The van der Waals surface area contributed by atoms with Gasteiger partial charge in [0.2, 0.25) is 5.82 Å². The Morgan fingerprint density at radius 1 is 1.17 bits per heavy atom. The van der Waals surface area contributed by atoms with Gasteiger partial charge in [0.25, 0.3) is 5.89 Å². The molecule has 0 aliphatic carbocycles. The molecule has 0 N–H and O–H groups in total. The molecule has 0 bridgehead atoms. The van der Waals surface area contributed by atoms with E-state index >= 15 is 0 Å². The molecule has 0 aliphatic rings. The summed E-state index contributed by atoms with van der Waals surface area (Å²) in [6.07, 6.45) is 1.67. The van der Waals surface area contributed by atoms with Crippen LogP contribution in [0.25, 0.3) is 23.0 Å². The van der Waals surface area contributed by atoms with E-state index in [4.69, 9.17) is 9.26 Å². The van der Waals surface area contributed by atoms with Gasteiger partial charge in [0.15, 0.2) is 0 Å². The molecule has 2 aromatic carbocycles. The molecule has 1 heterocycles. The summed E-state index contributed by atoms with van der Waals surface area (Å²) in [4.78, 5) is 4.32. The lowest BCUT2D eigenvalue weighted by Crippen LogP contribution is -1.88. The lowest BCUT2D eigenvalue weighted by atomic mass is 10.1. The van der Waals surface area contributed by atoms with E-state index in [1.807, 2.05) is 55.5 Å². The SMILES string of the molecule is COc1ccccc1/C=C(\C#N)c1nc(-c2ccc(C)cc2)no1. The highest BCUT2D eigenvalue weighted by Gasteiger charge is 2.13. The number of nitriles is 1. The van der Waals surface area contributed by atoms with Crippen LogP contribution in [0.5, 0.6) is 5.75 Å². The smallest absolute Gasteiger partial charge is 0.268 e. The summed E-state index contributed by atoms with van der Waals surface area (Å²) in [6, 6.07) is 17.3. The van der Waals surface area contributed by atoms with Gasteiger partial charge in [-0.05, 0) is 19.1 Å². The third-order valence-corrected chi connectivity index (χ3v) is 3.53. The van der Waals surface area contributed by atoms with Crippen molar-refractivity contribution in [3.63, 3.8) is 0 Å². The Morgan fingerprint density at radius 3 is 2.62 bits per heavy atom. The number of hydrogen-bond donors (Lipinski definition) is 0. The number of aromatic nitrogens is 2. The molecule has 3 rings (SSSR count). The number of rotatable bonds is 4. The molecule has 0 spiro atoms. The van der Waals surface area contributed by atoms with Crippen molar-refractivity contribution in [1.29, 1.82) is 5.26 Å². The van der Waals surface area contributed by atoms with Crippen molar-refractivity contribution in [3.8, 4) is 23.2 Å².